The third-order valence-electron chi connectivity index (χ3n) is 3.99. The van der Waals surface area contributed by atoms with Crippen LogP contribution in [0.4, 0.5) is 0 Å². The summed E-state index contributed by atoms with van der Waals surface area (Å²) in [6, 6.07) is 10.5. The summed E-state index contributed by atoms with van der Waals surface area (Å²) in [6.45, 7) is -0.0142. The van der Waals surface area contributed by atoms with Gasteiger partial charge in [0.25, 0.3) is 0 Å². The number of nitrogens with zero attached hydrogens (tertiary/aromatic N) is 5. The zero-order valence-corrected chi connectivity index (χ0v) is 15.0. The van der Waals surface area contributed by atoms with Crippen LogP contribution < -0.4 is 15.2 Å². The molecule has 0 aliphatic rings. The van der Waals surface area contributed by atoms with Gasteiger partial charge in [-0.15, -0.1) is 0 Å². The van der Waals surface area contributed by atoms with Gasteiger partial charge in [-0.05, 0) is 24.3 Å². The molecule has 0 unspecified atom stereocenters. The predicted octanol–water partition coefficient (Wildman–Crippen LogP) is 2.01. The monoisotopic (exact) mass is 381 g/mol. The first-order chi connectivity index (χ1) is 13.7. The van der Waals surface area contributed by atoms with Crippen molar-refractivity contribution in [3.63, 3.8) is 0 Å². The van der Waals surface area contributed by atoms with Crippen LogP contribution in [0, 0.1) is 0 Å². The summed E-state index contributed by atoms with van der Waals surface area (Å²) in [4.78, 5) is 20.6. The lowest BCUT2D eigenvalue weighted by atomic mass is 10.2. The average molecular weight is 381 g/mol. The van der Waals surface area contributed by atoms with Crippen molar-refractivity contribution >= 4 is 0 Å². The molecule has 3 aromatic heterocycles. The second-order valence-corrected chi connectivity index (χ2v) is 5.65. The second kappa shape index (κ2) is 7.35. The molecule has 0 N–H and O–H groups in total. The fourth-order valence-corrected chi connectivity index (χ4v) is 2.63. The van der Waals surface area contributed by atoms with Crippen molar-refractivity contribution in [3.05, 3.63) is 59.0 Å². The van der Waals surface area contributed by atoms with E-state index in [2.05, 4.69) is 20.3 Å². The van der Waals surface area contributed by atoms with Gasteiger partial charge in [-0.25, -0.2) is 9.36 Å². The molecule has 0 aliphatic heterocycles. The number of hydrogen-bond acceptors (Lipinski definition) is 9. The normalized spacial score (nSPS) is 10.8. The Hall–Kier alpha value is -3.95. The first-order valence-corrected chi connectivity index (χ1v) is 8.22. The van der Waals surface area contributed by atoms with Crippen LogP contribution in [-0.2, 0) is 6.54 Å². The molecule has 10 nitrogen and oxygen atoms in total. The molecule has 0 radical (unpaired) electrons. The van der Waals surface area contributed by atoms with E-state index in [9.17, 15) is 4.79 Å². The molecule has 0 aliphatic carbocycles. The van der Waals surface area contributed by atoms with Crippen LogP contribution in [0.25, 0.3) is 22.9 Å². The molecule has 0 saturated carbocycles. The molecule has 0 atom stereocenters. The Bertz CT molecular complexity index is 1150. The molecule has 142 valence electrons. The summed E-state index contributed by atoms with van der Waals surface area (Å²) in [6.07, 6.45) is 1.60. The molecule has 28 heavy (non-hydrogen) atoms. The Morgan fingerprint density at radius 2 is 1.96 bits per heavy atom. The van der Waals surface area contributed by atoms with Crippen LogP contribution in [0.3, 0.4) is 0 Å². The summed E-state index contributed by atoms with van der Waals surface area (Å²) in [5.74, 6) is 1.31. The van der Waals surface area contributed by atoms with E-state index in [1.807, 2.05) is 0 Å². The maximum absolute atomic E-state index is 12.0. The van der Waals surface area contributed by atoms with E-state index in [1.54, 1.807) is 49.7 Å². The maximum atomic E-state index is 12.0. The highest BCUT2D eigenvalue weighted by molar-refractivity contribution is 5.65. The largest absolute Gasteiger partial charge is 0.497 e. The second-order valence-electron chi connectivity index (χ2n) is 5.65. The summed E-state index contributed by atoms with van der Waals surface area (Å²) in [5, 5.41) is 7.76. The standard InChI is InChI=1S/C18H15N5O5/c1-25-11-6-7-12(14(9-11)26-2)16-20-15(27-21-16)10-23-17(22-28-18(23)24)13-5-3-4-8-19-13/h3-9H,10H2,1-2H3. The highest BCUT2D eigenvalue weighted by atomic mass is 16.5. The van der Waals surface area contributed by atoms with Crippen LogP contribution in [0.5, 0.6) is 11.5 Å². The van der Waals surface area contributed by atoms with E-state index in [0.29, 0.717) is 28.6 Å². The molecule has 0 spiro atoms. The lowest BCUT2D eigenvalue weighted by Crippen LogP contribution is -2.16. The number of rotatable bonds is 6. The number of aromatic nitrogens is 5. The molecule has 0 bridgehead atoms. The van der Waals surface area contributed by atoms with Gasteiger partial charge >= 0.3 is 5.76 Å². The summed E-state index contributed by atoms with van der Waals surface area (Å²) in [5.41, 5.74) is 1.12. The molecular weight excluding hydrogens is 366 g/mol. The molecule has 0 saturated heterocycles. The Kier molecular flexibility index (Phi) is 4.58. The van der Waals surface area contributed by atoms with Crippen molar-refractivity contribution in [2.45, 2.75) is 6.54 Å². The average Bonchev–Trinajstić information content (AvgIpc) is 3.35. The van der Waals surface area contributed by atoms with Crippen LogP contribution in [0.1, 0.15) is 5.89 Å². The molecule has 4 rings (SSSR count). The Morgan fingerprint density at radius 3 is 2.71 bits per heavy atom. The van der Waals surface area contributed by atoms with Crippen molar-refractivity contribution in [2.24, 2.45) is 0 Å². The first-order valence-electron chi connectivity index (χ1n) is 8.22. The molecule has 0 fully saturated rings. The third-order valence-corrected chi connectivity index (χ3v) is 3.99. The van der Waals surface area contributed by atoms with Gasteiger partial charge < -0.3 is 14.0 Å². The van der Waals surface area contributed by atoms with Crippen LogP contribution in [-0.4, -0.2) is 39.1 Å². The minimum Gasteiger partial charge on any atom is -0.497 e. The van der Waals surface area contributed by atoms with Gasteiger partial charge in [0.15, 0.2) is 0 Å². The summed E-state index contributed by atoms with van der Waals surface area (Å²) < 4.78 is 21.9. The van der Waals surface area contributed by atoms with Gasteiger partial charge in [0.05, 0.1) is 19.8 Å². The minimum absolute atomic E-state index is 0.0142. The van der Waals surface area contributed by atoms with Crippen molar-refractivity contribution in [1.29, 1.82) is 0 Å². The molecule has 10 heteroatoms. The number of ether oxygens (including phenoxy) is 2. The minimum atomic E-state index is -0.651. The van der Waals surface area contributed by atoms with E-state index < -0.39 is 5.76 Å². The van der Waals surface area contributed by atoms with E-state index in [-0.39, 0.29) is 18.3 Å². The van der Waals surface area contributed by atoms with Gasteiger partial charge in [-0.1, -0.05) is 16.4 Å². The molecule has 1 aromatic carbocycles. The van der Waals surface area contributed by atoms with Crippen molar-refractivity contribution < 1.29 is 18.5 Å². The molecule has 0 amide bonds. The summed E-state index contributed by atoms with van der Waals surface area (Å²) >= 11 is 0. The molecule has 3 heterocycles. The van der Waals surface area contributed by atoms with Crippen molar-refractivity contribution in [1.82, 2.24) is 24.8 Å². The third kappa shape index (κ3) is 3.22. The zero-order chi connectivity index (χ0) is 19.5. The lowest BCUT2D eigenvalue weighted by molar-refractivity contribution is 0.353. The zero-order valence-electron chi connectivity index (χ0n) is 15.0. The quantitative estimate of drug-likeness (QED) is 0.494. The van der Waals surface area contributed by atoms with Crippen LogP contribution in [0.2, 0.25) is 0 Å². The van der Waals surface area contributed by atoms with Crippen molar-refractivity contribution in [3.8, 4) is 34.4 Å². The van der Waals surface area contributed by atoms with Crippen LogP contribution in [0.15, 0.2) is 56.4 Å². The highest BCUT2D eigenvalue weighted by Crippen LogP contribution is 2.31. The predicted molar refractivity (Wildman–Crippen MR) is 95.9 cm³/mol. The fourth-order valence-electron chi connectivity index (χ4n) is 2.63. The van der Waals surface area contributed by atoms with E-state index >= 15 is 0 Å². The van der Waals surface area contributed by atoms with Gasteiger partial charge in [-0.3, -0.25) is 9.51 Å². The van der Waals surface area contributed by atoms with E-state index in [1.165, 1.54) is 11.7 Å². The van der Waals surface area contributed by atoms with Gasteiger partial charge in [0.1, 0.15) is 23.7 Å². The topological polar surface area (TPSA) is 118 Å². The number of benzene rings is 1. The smallest absolute Gasteiger partial charge is 0.442 e. The fraction of sp³-hybridized carbons (Fsp3) is 0.167. The number of pyridine rings is 1. The highest BCUT2D eigenvalue weighted by Gasteiger charge is 2.19. The maximum Gasteiger partial charge on any atom is 0.442 e. The van der Waals surface area contributed by atoms with Gasteiger partial charge in [0, 0.05) is 12.3 Å². The molecule has 4 aromatic rings. The number of methoxy groups -OCH3 is 2. The van der Waals surface area contributed by atoms with Gasteiger partial charge in [-0.2, -0.15) is 4.98 Å². The lowest BCUT2D eigenvalue weighted by Gasteiger charge is -2.07. The molecular formula is C18H15N5O5. The summed E-state index contributed by atoms with van der Waals surface area (Å²) in [7, 11) is 3.10. The first kappa shape index (κ1) is 17.5. The van der Waals surface area contributed by atoms with E-state index in [0.717, 1.165) is 0 Å². The Labute approximate surface area is 158 Å². The SMILES string of the molecule is COc1ccc(-c2noc(Cn3c(-c4ccccn4)noc3=O)n2)c(OC)c1. The van der Waals surface area contributed by atoms with E-state index in [4.69, 9.17) is 18.5 Å². The Morgan fingerprint density at radius 1 is 1.07 bits per heavy atom. The van der Waals surface area contributed by atoms with Gasteiger partial charge in [0.2, 0.25) is 17.5 Å². The van der Waals surface area contributed by atoms with Crippen molar-refractivity contribution in [2.75, 3.05) is 14.2 Å². The Balaban J connectivity index is 1.66. The number of hydrogen-bond donors (Lipinski definition) is 0. The van der Waals surface area contributed by atoms with Crippen LogP contribution >= 0.6 is 0 Å².